The highest BCUT2D eigenvalue weighted by Gasteiger charge is 2.34. The molecule has 3 N–H and O–H groups in total. The Bertz CT molecular complexity index is 1200. The maximum absolute atomic E-state index is 13.0. The van der Waals surface area contributed by atoms with E-state index < -0.39 is 17.9 Å². The van der Waals surface area contributed by atoms with Crippen LogP contribution in [0.15, 0.2) is 54.3 Å². The monoisotopic (exact) mass is 431 g/mol. The summed E-state index contributed by atoms with van der Waals surface area (Å²) in [5.41, 5.74) is 5.31. The predicted octanol–water partition coefficient (Wildman–Crippen LogP) is 3.96. The van der Waals surface area contributed by atoms with Gasteiger partial charge in [0.1, 0.15) is 10.8 Å². The first kappa shape index (κ1) is 19.5. The Morgan fingerprint density at radius 2 is 2.00 bits per heavy atom. The van der Waals surface area contributed by atoms with Crippen LogP contribution in [0.3, 0.4) is 0 Å². The van der Waals surface area contributed by atoms with Crippen LogP contribution < -0.4 is 11.1 Å². The SMILES string of the molecule is NC(=O)Nc1cc(-c2nc(C(F)(F)F)cs2)c(-c2cccc(-n3cccn3)n2)cn1. The summed E-state index contributed by atoms with van der Waals surface area (Å²) in [6.07, 6.45) is 0.125. The molecule has 0 fully saturated rings. The topological polar surface area (TPSA) is 112 Å². The lowest BCUT2D eigenvalue weighted by Gasteiger charge is -2.11. The summed E-state index contributed by atoms with van der Waals surface area (Å²) in [6, 6.07) is 7.45. The van der Waals surface area contributed by atoms with Gasteiger partial charge in [-0.3, -0.25) is 5.32 Å². The number of nitrogens with two attached hydrogens (primary N) is 1. The van der Waals surface area contributed by atoms with Crippen LogP contribution in [0.25, 0.3) is 27.6 Å². The van der Waals surface area contributed by atoms with E-state index in [4.69, 9.17) is 5.73 Å². The molecule has 4 aromatic rings. The first-order valence-corrected chi connectivity index (χ1v) is 9.26. The molecule has 0 unspecified atom stereocenters. The number of amides is 2. The van der Waals surface area contributed by atoms with Crippen LogP contribution in [0.2, 0.25) is 0 Å². The van der Waals surface area contributed by atoms with Crippen LogP contribution in [-0.4, -0.2) is 30.8 Å². The van der Waals surface area contributed by atoms with Crippen LogP contribution in [0.5, 0.6) is 0 Å². The van der Waals surface area contributed by atoms with Gasteiger partial charge in [0.2, 0.25) is 0 Å². The predicted molar refractivity (Wildman–Crippen MR) is 104 cm³/mol. The fourth-order valence-electron chi connectivity index (χ4n) is 2.66. The lowest BCUT2D eigenvalue weighted by Crippen LogP contribution is -2.20. The van der Waals surface area contributed by atoms with E-state index >= 15 is 0 Å². The fraction of sp³-hybridized carbons (Fsp3) is 0.0556. The lowest BCUT2D eigenvalue weighted by molar-refractivity contribution is -0.140. The molecule has 0 aliphatic carbocycles. The molecule has 0 aliphatic heterocycles. The van der Waals surface area contributed by atoms with Crippen molar-refractivity contribution in [1.82, 2.24) is 24.7 Å². The zero-order valence-corrected chi connectivity index (χ0v) is 15.8. The minimum atomic E-state index is -4.57. The number of nitrogens with zero attached hydrogens (tertiary/aromatic N) is 5. The van der Waals surface area contributed by atoms with Gasteiger partial charge in [0.25, 0.3) is 0 Å². The second-order valence-electron chi connectivity index (χ2n) is 5.97. The minimum absolute atomic E-state index is 0.0771. The van der Waals surface area contributed by atoms with Crippen molar-refractivity contribution in [3.8, 4) is 27.6 Å². The fourth-order valence-corrected chi connectivity index (χ4v) is 3.52. The number of carbonyl (C=O) groups is 1. The Morgan fingerprint density at radius 1 is 1.17 bits per heavy atom. The lowest BCUT2D eigenvalue weighted by atomic mass is 10.1. The molecule has 4 rings (SSSR count). The molecule has 4 heterocycles. The molecule has 0 saturated carbocycles. The Morgan fingerprint density at radius 3 is 2.67 bits per heavy atom. The molecule has 0 aliphatic rings. The van der Waals surface area contributed by atoms with Crippen molar-refractivity contribution in [2.75, 3.05) is 5.32 Å². The molecule has 30 heavy (non-hydrogen) atoms. The third kappa shape index (κ3) is 3.98. The maximum Gasteiger partial charge on any atom is 0.434 e. The van der Waals surface area contributed by atoms with Gasteiger partial charge in [-0.2, -0.15) is 18.3 Å². The maximum atomic E-state index is 13.0. The van der Waals surface area contributed by atoms with Crippen LogP contribution in [0.1, 0.15) is 5.69 Å². The van der Waals surface area contributed by atoms with Gasteiger partial charge in [0.05, 0.1) is 5.69 Å². The third-order valence-corrected chi connectivity index (χ3v) is 4.81. The van der Waals surface area contributed by atoms with Crippen molar-refractivity contribution in [3.63, 3.8) is 0 Å². The van der Waals surface area contributed by atoms with Crippen molar-refractivity contribution in [2.45, 2.75) is 6.18 Å². The number of nitrogens with one attached hydrogen (secondary N) is 1. The number of pyridine rings is 2. The summed E-state index contributed by atoms with van der Waals surface area (Å²) in [7, 11) is 0. The standard InChI is InChI=1S/C18H12F3N7OS/c19-18(20,21)13-9-30-16(26-13)10-7-14(27-17(22)29)23-8-11(10)12-3-1-4-15(25-12)28-6-2-5-24-28/h1-9H,(H3,22,23,27,29). The highest BCUT2D eigenvalue weighted by atomic mass is 32.1. The van der Waals surface area contributed by atoms with E-state index in [2.05, 4.69) is 25.4 Å². The molecular weight excluding hydrogens is 419 g/mol. The van der Waals surface area contributed by atoms with Crippen LogP contribution in [0.4, 0.5) is 23.8 Å². The molecule has 152 valence electrons. The van der Waals surface area contributed by atoms with Gasteiger partial charge in [-0.25, -0.2) is 24.4 Å². The van der Waals surface area contributed by atoms with Crippen molar-refractivity contribution >= 4 is 23.2 Å². The summed E-state index contributed by atoms with van der Waals surface area (Å²) in [5, 5.41) is 7.45. The molecule has 0 spiro atoms. The molecule has 0 bridgehead atoms. The number of hydrogen-bond donors (Lipinski definition) is 2. The summed E-state index contributed by atoms with van der Waals surface area (Å²) < 4.78 is 40.7. The van der Waals surface area contributed by atoms with E-state index in [1.165, 1.54) is 12.3 Å². The number of carbonyl (C=O) groups excluding carboxylic acids is 1. The Kier molecular flexibility index (Phi) is 4.91. The average molecular weight is 431 g/mol. The summed E-state index contributed by atoms with van der Waals surface area (Å²) in [6.45, 7) is 0. The number of alkyl halides is 3. The zero-order valence-electron chi connectivity index (χ0n) is 15.0. The van der Waals surface area contributed by atoms with E-state index in [9.17, 15) is 18.0 Å². The van der Waals surface area contributed by atoms with Gasteiger partial charge in [-0.15, -0.1) is 11.3 Å². The summed E-state index contributed by atoms with van der Waals surface area (Å²) in [5.74, 6) is 0.589. The largest absolute Gasteiger partial charge is 0.434 e. The molecule has 0 atom stereocenters. The second kappa shape index (κ2) is 7.55. The molecule has 4 aromatic heterocycles. The quantitative estimate of drug-likeness (QED) is 0.508. The molecule has 0 aromatic carbocycles. The molecular formula is C18H12F3N7OS. The van der Waals surface area contributed by atoms with E-state index in [1.807, 2.05) is 0 Å². The van der Waals surface area contributed by atoms with Crippen LogP contribution >= 0.6 is 11.3 Å². The molecule has 0 saturated heterocycles. The Labute approximate surface area is 171 Å². The smallest absolute Gasteiger partial charge is 0.351 e. The van der Waals surface area contributed by atoms with E-state index in [0.717, 1.165) is 16.7 Å². The second-order valence-corrected chi connectivity index (χ2v) is 6.83. The Hall–Kier alpha value is -3.80. The van der Waals surface area contributed by atoms with Gasteiger partial charge in [0.15, 0.2) is 11.5 Å². The number of primary amides is 1. The van der Waals surface area contributed by atoms with Crippen LogP contribution in [0, 0.1) is 0 Å². The van der Waals surface area contributed by atoms with Crippen molar-refractivity contribution in [2.24, 2.45) is 5.73 Å². The molecule has 2 amide bonds. The van der Waals surface area contributed by atoms with E-state index in [0.29, 0.717) is 22.6 Å². The van der Waals surface area contributed by atoms with Crippen LogP contribution in [-0.2, 0) is 6.18 Å². The van der Waals surface area contributed by atoms with Gasteiger partial charge >= 0.3 is 12.2 Å². The van der Waals surface area contributed by atoms with Crippen molar-refractivity contribution < 1.29 is 18.0 Å². The number of anilines is 1. The van der Waals surface area contributed by atoms with Crippen molar-refractivity contribution in [1.29, 1.82) is 0 Å². The molecule has 8 nitrogen and oxygen atoms in total. The zero-order chi connectivity index (χ0) is 21.3. The van der Waals surface area contributed by atoms with Gasteiger partial charge in [-0.1, -0.05) is 6.07 Å². The summed E-state index contributed by atoms with van der Waals surface area (Å²) in [4.78, 5) is 23.5. The third-order valence-electron chi connectivity index (χ3n) is 3.93. The number of urea groups is 1. The van der Waals surface area contributed by atoms with E-state index in [1.54, 1.807) is 41.3 Å². The number of halogens is 3. The summed E-state index contributed by atoms with van der Waals surface area (Å²) >= 11 is 0.820. The van der Waals surface area contributed by atoms with Gasteiger partial charge in [-0.05, 0) is 24.3 Å². The number of rotatable bonds is 4. The minimum Gasteiger partial charge on any atom is -0.351 e. The van der Waals surface area contributed by atoms with Gasteiger partial charge < -0.3 is 5.73 Å². The first-order chi connectivity index (χ1) is 14.3. The number of thiazole rings is 1. The highest BCUT2D eigenvalue weighted by Crippen LogP contribution is 2.38. The first-order valence-electron chi connectivity index (χ1n) is 8.38. The van der Waals surface area contributed by atoms with Gasteiger partial charge in [0, 0.05) is 35.1 Å². The molecule has 12 heteroatoms. The normalized spacial score (nSPS) is 11.4. The van der Waals surface area contributed by atoms with Crippen molar-refractivity contribution in [3.05, 3.63) is 60.0 Å². The molecule has 0 radical (unpaired) electrons. The number of aromatic nitrogens is 5. The number of hydrogen-bond acceptors (Lipinski definition) is 6. The Balaban J connectivity index is 1.85. The van der Waals surface area contributed by atoms with E-state index in [-0.39, 0.29) is 10.8 Å². The highest BCUT2D eigenvalue weighted by molar-refractivity contribution is 7.13. The average Bonchev–Trinajstić information content (AvgIpc) is 3.39.